The minimum atomic E-state index is -3.60. The van der Waals surface area contributed by atoms with Crippen LogP contribution in [0.5, 0.6) is 11.5 Å². The first-order valence-electron chi connectivity index (χ1n) is 10.1. The molecule has 2 aromatic heterocycles. The third kappa shape index (κ3) is 3.74. The Bertz CT molecular complexity index is 1650. The summed E-state index contributed by atoms with van der Waals surface area (Å²) in [6.07, 6.45) is 3.14. The molecule has 0 spiro atoms. The molecule has 1 unspecified atom stereocenters. The molecule has 0 radical (unpaired) electrons. The number of aromatic nitrogens is 2. The van der Waals surface area contributed by atoms with Gasteiger partial charge >= 0.3 is 0 Å². The van der Waals surface area contributed by atoms with Crippen molar-refractivity contribution >= 4 is 20.6 Å². The second-order valence-electron chi connectivity index (χ2n) is 8.24. The highest BCUT2D eigenvalue weighted by molar-refractivity contribution is 7.94. The number of H-pyrrole nitrogens is 1. The SMILES string of the molecule is Cn1cc(-c2cc(S(=N)(=O)C(C)(C)C#N)ccc2Oc2ccc(F)cc2F)c2cc[nH]c2c1=O. The van der Waals surface area contributed by atoms with Crippen LogP contribution in [-0.2, 0) is 16.8 Å². The molecule has 0 aliphatic carbocycles. The lowest BCUT2D eigenvalue weighted by Crippen LogP contribution is -2.28. The van der Waals surface area contributed by atoms with E-state index in [1.807, 2.05) is 6.07 Å². The first-order chi connectivity index (χ1) is 16.0. The Morgan fingerprint density at radius 3 is 2.50 bits per heavy atom. The van der Waals surface area contributed by atoms with E-state index < -0.39 is 26.1 Å². The van der Waals surface area contributed by atoms with Crippen LogP contribution in [0.15, 0.2) is 64.5 Å². The molecule has 2 heterocycles. The average Bonchev–Trinajstić information content (AvgIpc) is 3.28. The van der Waals surface area contributed by atoms with Gasteiger partial charge in [-0.2, -0.15) is 5.26 Å². The summed E-state index contributed by atoms with van der Waals surface area (Å²) >= 11 is 0. The quantitative estimate of drug-likeness (QED) is 0.401. The summed E-state index contributed by atoms with van der Waals surface area (Å²) in [5, 5.41) is 10.0. The number of nitriles is 1. The zero-order chi connectivity index (χ0) is 24.8. The van der Waals surface area contributed by atoms with Gasteiger partial charge in [0.2, 0.25) is 0 Å². The molecule has 0 aliphatic heterocycles. The standard InChI is InChI=1S/C24H20F2N4O3S/c1-24(2,13-27)34(28,32)15-5-7-20(33-21-6-4-14(25)10-19(21)26)17(11-15)18-12-30(3)23(31)22-16(18)8-9-29-22/h4-12,28-29H,1-3H3. The van der Waals surface area contributed by atoms with Gasteiger partial charge in [0.25, 0.3) is 5.56 Å². The van der Waals surface area contributed by atoms with Gasteiger partial charge in [-0.25, -0.2) is 17.8 Å². The van der Waals surface area contributed by atoms with Crippen LogP contribution in [0.3, 0.4) is 0 Å². The van der Waals surface area contributed by atoms with Gasteiger partial charge in [-0.15, -0.1) is 0 Å². The number of aromatic amines is 1. The van der Waals surface area contributed by atoms with E-state index in [2.05, 4.69) is 4.98 Å². The van der Waals surface area contributed by atoms with Crippen LogP contribution >= 0.6 is 0 Å². The Labute approximate surface area is 194 Å². The maximum Gasteiger partial charge on any atom is 0.274 e. The van der Waals surface area contributed by atoms with Crippen LogP contribution in [0.4, 0.5) is 8.78 Å². The minimum absolute atomic E-state index is 0.0681. The van der Waals surface area contributed by atoms with E-state index in [0.29, 0.717) is 28.1 Å². The zero-order valence-electron chi connectivity index (χ0n) is 18.5. The number of fused-ring (bicyclic) bond motifs is 1. The van der Waals surface area contributed by atoms with Crippen LogP contribution in [-0.4, -0.2) is 18.5 Å². The lowest BCUT2D eigenvalue weighted by atomic mass is 10.0. The number of rotatable bonds is 5. The van der Waals surface area contributed by atoms with Crippen LogP contribution in [0.2, 0.25) is 0 Å². The predicted molar refractivity (Wildman–Crippen MR) is 124 cm³/mol. The van der Waals surface area contributed by atoms with Gasteiger partial charge in [-0.05, 0) is 50.2 Å². The van der Waals surface area contributed by atoms with E-state index in [9.17, 15) is 23.0 Å². The minimum Gasteiger partial charge on any atom is -0.454 e. The second kappa shape index (κ2) is 8.11. The van der Waals surface area contributed by atoms with Crippen molar-refractivity contribution in [3.63, 3.8) is 0 Å². The first-order valence-corrected chi connectivity index (χ1v) is 11.7. The van der Waals surface area contributed by atoms with Crippen molar-refractivity contribution in [1.29, 1.82) is 10.0 Å². The Morgan fingerprint density at radius 2 is 1.82 bits per heavy atom. The maximum atomic E-state index is 14.3. The number of pyridine rings is 1. The van der Waals surface area contributed by atoms with E-state index in [-0.39, 0.29) is 22.0 Å². The molecular weight excluding hydrogens is 462 g/mol. The van der Waals surface area contributed by atoms with Crippen LogP contribution in [0.1, 0.15) is 13.8 Å². The van der Waals surface area contributed by atoms with E-state index in [4.69, 9.17) is 9.52 Å². The topological polar surface area (TPSA) is 112 Å². The number of nitrogens with zero attached hydrogens (tertiary/aromatic N) is 2. The van der Waals surface area contributed by atoms with Crippen LogP contribution < -0.4 is 10.3 Å². The van der Waals surface area contributed by atoms with Gasteiger partial charge in [0.15, 0.2) is 11.6 Å². The summed E-state index contributed by atoms with van der Waals surface area (Å²) in [7, 11) is -2.04. The number of halogens is 2. The maximum absolute atomic E-state index is 14.3. The van der Waals surface area contributed by atoms with Crippen LogP contribution in [0.25, 0.3) is 22.0 Å². The molecule has 0 saturated carbocycles. The fourth-order valence-electron chi connectivity index (χ4n) is 3.51. The Balaban J connectivity index is 2.01. The Morgan fingerprint density at radius 1 is 1.12 bits per heavy atom. The predicted octanol–water partition coefficient (Wildman–Crippen LogP) is 5.31. The van der Waals surface area contributed by atoms with E-state index >= 15 is 0 Å². The fraction of sp³-hybridized carbons (Fsp3) is 0.167. The molecule has 34 heavy (non-hydrogen) atoms. The molecule has 4 rings (SSSR count). The molecule has 0 aliphatic rings. The smallest absolute Gasteiger partial charge is 0.274 e. The molecule has 2 aromatic carbocycles. The summed E-state index contributed by atoms with van der Waals surface area (Å²) in [6.45, 7) is 2.83. The van der Waals surface area contributed by atoms with Gasteiger partial charge in [-0.1, -0.05) is 0 Å². The number of aryl methyl sites for hydroxylation is 1. The Hall–Kier alpha value is -3.97. The third-order valence-corrected chi connectivity index (χ3v) is 8.02. The molecule has 0 saturated heterocycles. The highest BCUT2D eigenvalue weighted by Gasteiger charge is 2.33. The van der Waals surface area contributed by atoms with Gasteiger partial charge in [-0.3, -0.25) is 4.79 Å². The summed E-state index contributed by atoms with van der Waals surface area (Å²) in [5.74, 6) is -1.80. The van der Waals surface area contributed by atoms with Gasteiger partial charge in [0.05, 0.1) is 15.8 Å². The largest absolute Gasteiger partial charge is 0.454 e. The van der Waals surface area contributed by atoms with Crippen molar-refractivity contribution in [2.45, 2.75) is 23.5 Å². The van der Waals surface area contributed by atoms with Crippen molar-refractivity contribution in [3.05, 3.63) is 76.8 Å². The molecule has 0 fully saturated rings. The summed E-state index contributed by atoms with van der Waals surface area (Å²) in [4.78, 5) is 15.5. The lowest BCUT2D eigenvalue weighted by Gasteiger charge is -2.21. The van der Waals surface area contributed by atoms with Crippen molar-refractivity contribution in [3.8, 4) is 28.7 Å². The molecule has 7 nitrogen and oxygen atoms in total. The second-order valence-corrected chi connectivity index (χ2v) is 10.8. The molecule has 0 amide bonds. The molecule has 4 aromatic rings. The highest BCUT2D eigenvalue weighted by atomic mass is 32.2. The van der Waals surface area contributed by atoms with Crippen molar-refractivity contribution in [1.82, 2.24) is 9.55 Å². The van der Waals surface area contributed by atoms with E-state index in [0.717, 1.165) is 12.1 Å². The van der Waals surface area contributed by atoms with Gasteiger partial charge < -0.3 is 14.3 Å². The van der Waals surface area contributed by atoms with Crippen LogP contribution in [0, 0.1) is 27.7 Å². The fourth-order valence-corrected chi connectivity index (χ4v) is 4.77. The molecule has 2 N–H and O–H groups in total. The third-order valence-electron chi connectivity index (χ3n) is 5.57. The molecular formula is C24H20F2N4O3S. The van der Waals surface area contributed by atoms with Crippen molar-refractivity contribution in [2.24, 2.45) is 7.05 Å². The zero-order valence-corrected chi connectivity index (χ0v) is 19.3. The summed E-state index contributed by atoms with van der Waals surface area (Å²) in [5.41, 5.74) is 0.841. The van der Waals surface area contributed by atoms with Crippen molar-refractivity contribution < 1.29 is 17.7 Å². The Kier molecular flexibility index (Phi) is 5.53. The first kappa shape index (κ1) is 23.2. The number of nitrogens with one attached hydrogen (secondary N) is 2. The number of hydrogen-bond donors (Lipinski definition) is 2. The van der Waals surface area contributed by atoms with Gasteiger partial charge in [0.1, 0.15) is 21.8 Å². The molecule has 174 valence electrons. The molecule has 10 heteroatoms. The van der Waals surface area contributed by atoms with Gasteiger partial charge in [0, 0.05) is 46.9 Å². The monoisotopic (exact) mass is 482 g/mol. The number of benzene rings is 2. The number of hydrogen-bond acceptors (Lipinski definition) is 5. The van der Waals surface area contributed by atoms with Crippen molar-refractivity contribution in [2.75, 3.05) is 0 Å². The number of ether oxygens (including phenoxy) is 1. The normalized spacial score (nSPS) is 13.4. The van der Waals surface area contributed by atoms with E-state index in [1.165, 1.54) is 36.6 Å². The molecule has 0 bridgehead atoms. The summed E-state index contributed by atoms with van der Waals surface area (Å²) < 4.78 is 55.2. The summed E-state index contributed by atoms with van der Waals surface area (Å²) in [6, 6.07) is 10.7. The van der Waals surface area contributed by atoms with E-state index in [1.54, 1.807) is 25.5 Å². The average molecular weight is 483 g/mol. The highest BCUT2D eigenvalue weighted by Crippen LogP contribution is 2.40. The molecule has 1 atom stereocenters. The lowest BCUT2D eigenvalue weighted by molar-refractivity contribution is 0.438.